The predicted octanol–water partition coefficient (Wildman–Crippen LogP) is -5.05. The molecule has 2 aliphatic heterocycles. The van der Waals surface area contributed by atoms with E-state index in [0.29, 0.717) is 12.8 Å². The molecule has 2 saturated heterocycles. The summed E-state index contributed by atoms with van der Waals surface area (Å²) in [5, 5.41) is 107. The minimum absolute atomic E-state index is 0.0181. The van der Waals surface area contributed by atoms with Crippen LogP contribution in [0.5, 0.6) is 11.5 Å². The predicted molar refractivity (Wildman–Crippen MR) is 363 cm³/mol. The number of benzene rings is 2. The summed E-state index contributed by atoms with van der Waals surface area (Å²) in [7, 11) is 0. The molecular weight excluding hydrogens is 1400 g/mol. The van der Waals surface area contributed by atoms with Crippen molar-refractivity contribution in [1.82, 2.24) is 63.8 Å². The largest absolute Gasteiger partial charge is 0.508 e. The SMILES string of the molecule is NCCCC[C@H](NC(=O)C(CCCCC(NC(=O)[C@H](CC(=O)O)NC(=O)[C@H](Cc1ccc(O)cc1)NC(=O)[C@H](CCC(=O)O)NC(=O)[C@@H]1CCC(=O)N1)C(=O)N[C@@H](CCCCN)C(=O)O)NC(=O)[C@H](CC(=O)O)NC(=O)[C@H](Cc1ccc(O)cc1)NC(=O)[C@H](CCC(=O)O)NC(=O)C1CCC(=O)N1)C(=O)O. The summed E-state index contributed by atoms with van der Waals surface area (Å²) in [6.07, 6.45) is -7.35. The zero-order chi connectivity index (χ0) is 78.7. The number of nitrogens with one attached hydrogen (secondary N) is 12. The van der Waals surface area contributed by atoms with Crippen LogP contribution in [-0.4, -0.2) is 233 Å². The van der Waals surface area contributed by atoms with Crippen molar-refractivity contribution in [2.45, 2.75) is 214 Å². The lowest BCUT2D eigenvalue weighted by Gasteiger charge is -2.27. The second-order valence-corrected chi connectivity index (χ2v) is 25.3. The minimum atomic E-state index is -2.16. The second kappa shape index (κ2) is 44.2. The van der Waals surface area contributed by atoms with Gasteiger partial charge in [-0.3, -0.25) is 76.7 Å². The van der Waals surface area contributed by atoms with E-state index in [2.05, 4.69) is 63.8 Å². The monoisotopic (exact) mass is 1500 g/mol. The summed E-state index contributed by atoms with van der Waals surface area (Å²) in [5.41, 5.74) is 11.7. The van der Waals surface area contributed by atoms with Gasteiger partial charge in [0.2, 0.25) is 70.9 Å². The third-order valence-electron chi connectivity index (χ3n) is 16.8. The number of phenols is 2. The fourth-order valence-electron chi connectivity index (χ4n) is 11.1. The van der Waals surface area contributed by atoms with E-state index in [4.69, 9.17) is 11.5 Å². The maximum Gasteiger partial charge on any atom is 0.326 e. The maximum atomic E-state index is 14.5. The Morgan fingerprint density at radius 1 is 0.349 bits per heavy atom. The first kappa shape index (κ1) is 86.8. The highest BCUT2D eigenvalue weighted by molar-refractivity contribution is 6.00. The second-order valence-electron chi connectivity index (χ2n) is 25.3. The molecule has 2 aromatic rings. The van der Waals surface area contributed by atoms with Crippen LogP contribution < -0.4 is 75.3 Å². The minimum Gasteiger partial charge on any atom is -0.508 e. The van der Waals surface area contributed by atoms with Crippen molar-refractivity contribution >= 4 is 107 Å². The summed E-state index contributed by atoms with van der Waals surface area (Å²) in [6, 6.07) is -10.5. The third-order valence-corrected chi connectivity index (χ3v) is 16.8. The van der Waals surface area contributed by atoms with E-state index in [-0.39, 0.29) is 99.9 Å². The first-order chi connectivity index (χ1) is 50.2. The van der Waals surface area contributed by atoms with Crippen LogP contribution in [0.1, 0.15) is 140 Å². The molecule has 0 saturated carbocycles. The van der Waals surface area contributed by atoms with E-state index >= 15 is 0 Å². The van der Waals surface area contributed by atoms with E-state index < -0.39 is 243 Å². The molecule has 2 heterocycles. The van der Waals surface area contributed by atoms with E-state index in [9.17, 15) is 127 Å². The smallest absolute Gasteiger partial charge is 0.326 e. The van der Waals surface area contributed by atoms with Gasteiger partial charge in [-0.05, 0) is 126 Å². The highest BCUT2D eigenvalue weighted by Gasteiger charge is 2.39. The van der Waals surface area contributed by atoms with Gasteiger partial charge in [-0.15, -0.1) is 0 Å². The van der Waals surface area contributed by atoms with Crippen LogP contribution in [-0.2, 0) is 99.1 Å². The number of phenolic OH excluding ortho intramolecular Hbond substituents is 2. The number of carbonyl (C=O) groups is 18. The molecule has 106 heavy (non-hydrogen) atoms. The molecule has 12 amide bonds. The van der Waals surface area contributed by atoms with Gasteiger partial charge in [0.25, 0.3) is 0 Å². The van der Waals surface area contributed by atoms with Crippen molar-refractivity contribution in [3.8, 4) is 11.5 Å². The van der Waals surface area contributed by atoms with E-state index in [1.165, 1.54) is 48.5 Å². The van der Waals surface area contributed by atoms with Gasteiger partial charge in [-0.1, -0.05) is 37.1 Å². The van der Waals surface area contributed by atoms with Crippen molar-refractivity contribution in [3.05, 3.63) is 59.7 Å². The standard InChI is InChI=1S/C66H92N14O26/c67-27-5-3-9-43(65(103)104)75-55(93)37(71-63(101)47(31-53(89)90)79-61(99)45(29-33-11-15-35(81)16-12-33)77-59(97)41(21-25-51(85)86)73-57(95)39-19-23-49(83)69-39)7-1-2-8-38(56(94)76-44(66(105)106)10-4-6-28-68)72-64(102)48(32-54(91)92)80-62(100)46(30-34-13-17-36(82)18-14-34)78-60(98)42(22-26-52(87)88)74-58(96)40-20-24-50(84)70-40/h11-18,37-48,81-82H,1-10,19-32,67-68H2,(H,69,83)(H,70,84)(H,71,101)(H,72,102)(H,73,95)(H,74,96)(H,75,93)(H,76,94)(H,77,97)(H,78,98)(H,79,99)(H,80,100)(H,85,86)(H,87,88)(H,89,90)(H,91,92)(H,103,104)(H,105,106)/t37?,38?,39-,40?,41-,42-,43-,44-,45-,46-,47-,48-/m0/s1. The number of amides is 12. The molecule has 4 rings (SSSR count). The average Bonchev–Trinajstić information content (AvgIpc) is 0.905. The van der Waals surface area contributed by atoms with E-state index in [1.54, 1.807) is 0 Å². The number of hydrogen-bond donors (Lipinski definition) is 22. The van der Waals surface area contributed by atoms with Crippen LogP contribution in [0.3, 0.4) is 0 Å². The van der Waals surface area contributed by atoms with Crippen molar-refractivity contribution in [1.29, 1.82) is 0 Å². The number of hydrogen-bond acceptors (Lipinski definition) is 22. The Hall–Kier alpha value is -11.6. The van der Waals surface area contributed by atoms with Crippen LogP contribution in [0.25, 0.3) is 0 Å². The molecule has 12 atom stereocenters. The lowest BCUT2D eigenvalue weighted by Crippen LogP contribution is -2.60. The lowest BCUT2D eigenvalue weighted by molar-refractivity contribution is -0.143. The molecular formula is C66H92N14O26. The molecule has 2 fully saturated rings. The molecule has 0 bridgehead atoms. The number of unbranched alkanes of at least 4 members (excludes halogenated alkanes) is 3. The van der Waals surface area contributed by atoms with Gasteiger partial charge in [-0.25, -0.2) is 9.59 Å². The van der Waals surface area contributed by atoms with Crippen LogP contribution in [0.2, 0.25) is 0 Å². The Labute approximate surface area is 605 Å². The topological polar surface area (TPSA) is 666 Å². The van der Waals surface area contributed by atoms with Gasteiger partial charge < -0.3 is 116 Å². The number of carbonyl (C=O) groups excluding carboxylic acids is 12. The third kappa shape index (κ3) is 31.2. The van der Waals surface area contributed by atoms with Crippen molar-refractivity contribution in [2.24, 2.45) is 11.5 Å². The normalized spacial score (nSPS) is 16.6. The molecule has 40 heteroatoms. The molecule has 582 valence electrons. The van der Waals surface area contributed by atoms with Crippen LogP contribution in [0, 0.1) is 0 Å². The number of aromatic hydroxyl groups is 2. The first-order valence-electron chi connectivity index (χ1n) is 34.1. The Balaban J connectivity index is 1.71. The molecule has 24 N–H and O–H groups in total. The Bertz CT molecular complexity index is 3260. The highest BCUT2D eigenvalue weighted by Crippen LogP contribution is 2.18. The lowest BCUT2D eigenvalue weighted by atomic mass is 10.0. The number of carboxylic acid groups (broad SMARTS) is 6. The Kier molecular flexibility index (Phi) is 36.2. The van der Waals surface area contributed by atoms with Gasteiger partial charge in [0, 0.05) is 38.5 Å². The number of rotatable bonds is 49. The van der Waals surface area contributed by atoms with Gasteiger partial charge in [0.05, 0.1) is 12.8 Å². The molecule has 40 nitrogen and oxygen atoms in total. The molecule has 2 aliphatic rings. The first-order valence-corrected chi connectivity index (χ1v) is 34.1. The van der Waals surface area contributed by atoms with Crippen LogP contribution >= 0.6 is 0 Å². The average molecular weight is 1500 g/mol. The van der Waals surface area contributed by atoms with Gasteiger partial charge >= 0.3 is 35.8 Å². The van der Waals surface area contributed by atoms with Crippen LogP contribution in [0.15, 0.2) is 48.5 Å². The molecule has 0 spiro atoms. The Morgan fingerprint density at radius 2 is 0.613 bits per heavy atom. The Morgan fingerprint density at radius 3 is 0.896 bits per heavy atom. The van der Waals surface area contributed by atoms with E-state index in [1.807, 2.05) is 0 Å². The summed E-state index contributed by atoms with van der Waals surface area (Å²) < 4.78 is 0. The molecule has 0 aliphatic carbocycles. The molecule has 2 aromatic carbocycles. The van der Waals surface area contributed by atoms with Crippen molar-refractivity contribution in [2.75, 3.05) is 13.1 Å². The number of nitrogens with two attached hydrogens (primary N) is 2. The molecule has 0 aromatic heterocycles. The van der Waals surface area contributed by atoms with Gasteiger partial charge in [0.15, 0.2) is 0 Å². The van der Waals surface area contributed by atoms with Gasteiger partial charge in [-0.2, -0.15) is 0 Å². The quantitative estimate of drug-likeness (QED) is 0.0276. The summed E-state index contributed by atoms with van der Waals surface area (Å²) in [4.78, 5) is 238. The fraction of sp³-hybridized carbons (Fsp3) is 0.545. The van der Waals surface area contributed by atoms with Gasteiger partial charge in [0.1, 0.15) is 84.0 Å². The number of aliphatic carboxylic acids is 6. The summed E-state index contributed by atoms with van der Waals surface area (Å²) in [6.45, 7) is 0.237. The number of carboxylic acids is 6. The highest BCUT2D eigenvalue weighted by atomic mass is 16.4. The van der Waals surface area contributed by atoms with Crippen LogP contribution in [0.4, 0.5) is 0 Å². The molecule has 3 unspecified atom stereocenters. The van der Waals surface area contributed by atoms with Crippen molar-refractivity contribution in [3.63, 3.8) is 0 Å². The van der Waals surface area contributed by atoms with Crippen molar-refractivity contribution < 1.29 is 127 Å². The summed E-state index contributed by atoms with van der Waals surface area (Å²) >= 11 is 0. The fourth-order valence-corrected chi connectivity index (χ4v) is 11.1. The molecule has 0 radical (unpaired) electrons. The van der Waals surface area contributed by atoms with E-state index in [0.717, 1.165) is 0 Å². The zero-order valence-electron chi connectivity index (χ0n) is 57.6. The zero-order valence-corrected chi connectivity index (χ0v) is 57.6. The maximum absolute atomic E-state index is 14.5. The summed E-state index contributed by atoms with van der Waals surface area (Å²) in [5.74, 6) is -22.7.